The van der Waals surface area contributed by atoms with E-state index in [0.717, 1.165) is 5.69 Å². The monoisotopic (exact) mass is 355 g/mol. The number of nitrogens with one attached hydrogen (secondary N) is 1. The Morgan fingerprint density at radius 3 is 2.27 bits per heavy atom. The van der Waals surface area contributed by atoms with Crippen LogP contribution in [0.1, 0.15) is 16.8 Å². The topological polar surface area (TPSA) is 52.7 Å². The SMILES string of the molecule is O=C(CCN1CCN(C(=O)c2ccccc2F)CC1)Nc1ccccc1. The molecule has 26 heavy (non-hydrogen) atoms. The number of para-hydroxylation sites is 1. The Morgan fingerprint density at radius 1 is 0.923 bits per heavy atom. The van der Waals surface area contributed by atoms with Crippen molar-refractivity contribution in [2.45, 2.75) is 6.42 Å². The van der Waals surface area contributed by atoms with Gasteiger partial charge in [0, 0.05) is 44.8 Å². The second-order valence-electron chi connectivity index (χ2n) is 6.28. The van der Waals surface area contributed by atoms with E-state index in [1.807, 2.05) is 30.3 Å². The quantitative estimate of drug-likeness (QED) is 0.897. The Labute approximate surface area is 152 Å². The van der Waals surface area contributed by atoms with Gasteiger partial charge in [-0.25, -0.2) is 4.39 Å². The van der Waals surface area contributed by atoms with Crippen molar-refractivity contribution in [2.75, 3.05) is 38.0 Å². The minimum absolute atomic E-state index is 0.0268. The van der Waals surface area contributed by atoms with Gasteiger partial charge in [0.1, 0.15) is 5.82 Å². The molecule has 1 fully saturated rings. The summed E-state index contributed by atoms with van der Waals surface area (Å²) in [6, 6.07) is 15.4. The van der Waals surface area contributed by atoms with Crippen LogP contribution in [0.4, 0.5) is 10.1 Å². The third-order valence-electron chi connectivity index (χ3n) is 4.48. The molecule has 6 heteroatoms. The maximum Gasteiger partial charge on any atom is 0.256 e. The first-order valence-electron chi connectivity index (χ1n) is 8.74. The van der Waals surface area contributed by atoms with Crippen LogP contribution in [0, 0.1) is 5.82 Å². The number of nitrogens with zero attached hydrogens (tertiary/aromatic N) is 2. The van der Waals surface area contributed by atoms with Crippen molar-refractivity contribution in [3.63, 3.8) is 0 Å². The molecule has 1 heterocycles. The van der Waals surface area contributed by atoms with Crippen LogP contribution in [0.2, 0.25) is 0 Å². The van der Waals surface area contributed by atoms with E-state index in [1.54, 1.807) is 17.0 Å². The van der Waals surface area contributed by atoms with Crippen molar-refractivity contribution in [1.82, 2.24) is 9.80 Å². The summed E-state index contributed by atoms with van der Waals surface area (Å²) in [6.45, 7) is 3.07. The molecule has 0 radical (unpaired) electrons. The number of benzene rings is 2. The third-order valence-corrected chi connectivity index (χ3v) is 4.48. The van der Waals surface area contributed by atoms with Crippen LogP contribution in [-0.4, -0.2) is 54.3 Å². The minimum Gasteiger partial charge on any atom is -0.336 e. The molecular weight excluding hydrogens is 333 g/mol. The van der Waals surface area contributed by atoms with Gasteiger partial charge in [0.15, 0.2) is 0 Å². The predicted octanol–water partition coefficient (Wildman–Crippen LogP) is 2.61. The average molecular weight is 355 g/mol. The Hall–Kier alpha value is -2.73. The number of piperazine rings is 1. The van der Waals surface area contributed by atoms with Crippen molar-refractivity contribution < 1.29 is 14.0 Å². The van der Waals surface area contributed by atoms with Gasteiger partial charge in [-0.1, -0.05) is 30.3 Å². The first kappa shape index (κ1) is 18.1. The molecule has 0 saturated carbocycles. The summed E-state index contributed by atoms with van der Waals surface area (Å²) in [5.41, 5.74) is 0.904. The number of hydrogen-bond acceptors (Lipinski definition) is 3. The lowest BCUT2D eigenvalue weighted by atomic mass is 10.1. The number of carbonyl (C=O) groups excluding carboxylic acids is 2. The Kier molecular flexibility index (Phi) is 5.96. The van der Waals surface area contributed by atoms with E-state index in [-0.39, 0.29) is 17.4 Å². The van der Waals surface area contributed by atoms with Crippen LogP contribution in [-0.2, 0) is 4.79 Å². The van der Waals surface area contributed by atoms with Crippen molar-refractivity contribution >= 4 is 17.5 Å². The Balaban J connectivity index is 1.43. The highest BCUT2D eigenvalue weighted by Crippen LogP contribution is 2.13. The zero-order valence-electron chi connectivity index (χ0n) is 14.5. The lowest BCUT2D eigenvalue weighted by molar-refractivity contribution is -0.116. The molecule has 0 atom stereocenters. The standard InChI is InChI=1S/C20H22FN3O2/c21-18-9-5-4-8-17(18)20(26)24-14-12-23(13-15-24)11-10-19(25)22-16-6-2-1-3-7-16/h1-9H,10-15H2,(H,22,25). The molecule has 2 aromatic rings. The fraction of sp³-hybridized carbons (Fsp3) is 0.300. The molecule has 1 aliphatic rings. The summed E-state index contributed by atoms with van der Waals surface area (Å²) in [5.74, 6) is -0.789. The molecule has 1 saturated heterocycles. The number of rotatable bonds is 5. The highest BCUT2D eigenvalue weighted by atomic mass is 19.1. The van der Waals surface area contributed by atoms with E-state index in [0.29, 0.717) is 39.1 Å². The zero-order valence-corrected chi connectivity index (χ0v) is 14.5. The van der Waals surface area contributed by atoms with Crippen LogP contribution in [0.5, 0.6) is 0 Å². The van der Waals surface area contributed by atoms with Crippen molar-refractivity contribution in [3.8, 4) is 0 Å². The second-order valence-corrected chi connectivity index (χ2v) is 6.28. The van der Waals surface area contributed by atoms with E-state index in [9.17, 15) is 14.0 Å². The first-order chi connectivity index (χ1) is 12.6. The molecule has 2 aromatic carbocycles. The molecule has 5 nitrogen and oxygen atoms in total. The molecule has 3 rings (SSSR count). The average Bonchev–Trinajstić information content (AvgIpc) is 2.67. The van der Waals surface area contributed by atoms with Crippen LogP contribution in [0.3, 0.4) is 0 Å². The molecule has 0 spiro atoms. The van der Waals surface area contributed by atoms with Gasteiger partial charge in [0.2, 0.25) is 5.91 Å². The summed E-state index contributed by atoms with van der Waals surface area (Å²) in [7, 11) is 0. The van der Waals surface area contributed by atoms with Gasteiger partial charge in [-0.15, -0.1) is 0 Å². The number of carbonyl (C=O) groups is 2. The normalized spacial score (nSPS) is 14.9. The minimum atomic E-state index is -0.488. The molecule has 1 aliphatic heterocycles. The third kappa shape index (κ3) is 4.67. The maximum atomic E-state index is 13.8. The summed E-state index contributed by atoms with van der Waals surface area (Å²) in [5, 5.41) is 2.86. The lowest BCUT2D eigenvalue weighted by Crippen LogP contribution is -2.49. The van der Waals surface area contributed by atoms with Crippen LogP contribution in [0.15, 0.2) is 54.6 Å². The van der Waals surface area contributed by atoms with Gasteiger partial charge < -0.3 is 10.2 Å². The van der Waals surface area contributed by atoms with E-state index in [4.69, 9.17) is 0 Å². The molecule has 0 aliphatic carbocycles. The van der Waals surface area contributed by atoms with Crippen molar-refractivity contribution in [2.24, 2.45) is 0 Å². The maximum absolute atomic E-state index is 13.8. The Morgan fingerprint density at radius 2 is 1.58 bits per heavy atom. The van der Waals surface area contributed by atoms with Gasteiger partial charge in [0.05, 0.1) is 5.56 Å². The Bertz CT molecular complexity index is 759. The van der Waals surface area contributed by atoms with Gasteiger partial charge >= 0.3 is 0 Å². The predicted molar refractivity (Wildman–Crippen MR) is 98.4 cm³/mol. The molecule has 136 valence electrons. The first-order valence-corrected chi connectivity index (χ1v) is 8.74. The van der Waals surface area contributed by atoms with Gasteiger partial charge in [-0.2, -0.15) is 0 Å². The van der Waals surface area contributed by atoms with E-state index >= 15 is 0 Å². The fourth-order valence-corrected chi connectivity index (χ4v) is 2.98. The molecule has 1 N–H and O–H groups in total. The highest BCUT2D eigenvalue weighted by molar-refractivity contribution is 5.94. The molecular formula is C20H22FN3O2. The molecule has 0 unspecified atom stereocenters. The molecule has 0 aromatic heterocycles. The fourth-order valence-electron chi connectivity index (χ4n) is 2.98. The zero-order chi connectivity index (χ0) is 18.4. The lowest BCUT2D eigenvalue weighted by Gasteiger charge is -2.34. The molecule has 2 amide bonds. The highest BCUT2D eigenvalue weighted by Gasteiger charge is 2.23. The summed E-state index contributed by atoms with van der Waals surface area (Å²) < 4.78 is 13.8. The largest absolute Gasteiger partial charge is 0.336 e. The van der Waals surface area contributed by atoms with Gasteiger partial charge in [-0.05, 0) is 24.3 Å². The van der Waals surface area contributed by atoms with E-state index in [1.165, 1.54) is 12.1 Å². The van der Waals surface area contributed by atoms with E-state index < -0.39 is 5.82 Å². The van der Waals surface area contributed by atoms with Gasteiger partial charge in [-0.3, -0.25) is 14.5 Å². The van der Waals surface area contributed by atoms with E-state index in [2.05, 4.69) is 10.2 Å². The van der Waals surface area contributed by atoms with Crippen LogP contribution < -0.4 is 5.32 Å². The van der Waals surface area contributed by atoms with Crippen LogP contribution >= 0.6 is 0 Å². The summed E-state index contributed by atoms with van der Waals surface area (Å²) in [6.07, 6.45) is 0.399. The second kappa shape index (κ2) is 8.58. The number of halogens is 1. The number of amides is 2. The molecule has 0 bridgehead atoms. The van der Waals surface area contributed by atoms with Crippen LogP contribution in [0.25, 0.3) is 0 Å². The van der Waals surface area contributed by atoms with Crippen molar-refractivity contribution in [1.29, 1.82) is 0 Å². The number of anilines is 1. The smallest absolute Gasteiger partial charge is 0.256 e. The number of hydrogen-bond donors (Lipinski definition) is 1. The summed E-state index contributed by atoms with van der Waals surface area (Å²) in [4.78, 5) is 28.2. The van der Waals surface area contributed by atoms with Gasteiger partial charge in [0.25, 0.3) is 5.91 Å². The van der Waals surface area contributed by atoms with Crippen molar-refractivity contribution in [3.05, 3.63) is 66.0 Å². The summed E-state index contributed by atoms with van der Waals surface area (Å²) >= 11 is 0.